The number of furan rings is 1. The molecule has 0 bridgehead atoms. The third kappa shape index (κ3) is 3.52. The number of nitrogens with zero attached hydrogens (tertiary/aromatic N) is 3. The number of benzene rings is 7. The van der Waals surface area contributed by atoms with Crippen LogP contribution in [0.1, 0.15) is 0 Å². The molecule has 0 radical (unpaired) electrons. The Morgan fingerprint density at radius 2 is 1.21 bits per heavy atom. The summed E-state index contributed by atoms with van der Waals surface area (Å²) < 4.78 is 11.3. The van der Waals surface area contributed by atoms with Crippen molar-refractivity contribution in [2.24, 2.45) is 0 Å². The molecule has 0 N–H and O–H groups in total. The quantitative estimate of drug-likeness (QED) is 0.194. The lowest BCUT2D eigenvalue weighted by atomic mass is 10.0. The largest absolute Gasteiger partial charge is 0.452 e. The van der Waals surface area contributed by atoms with Crippen LogP contribution in [0.5, 0.6) is 0 Å². The Labute approximate surface area is 271 Å². The predicted molar refractivity (Wildman–Crippen MR) is 197 cm³/mol. The molecule has 4 heterocycles. The second-order valence-corrected chi connectivity index (χ2v) is 13.3. The van der Waals surface area contributed by atoms with Crippen molar-refractivity contribution in [2.45, 2.75) is 0 Å². The summed E-state index contributed by atoms with van der Waals surface area (Å²) >= 11 is 1.81. The Kier molecular flexibility index (Phi) is 4.96. The molecule has 11 aromatic rings. The fourth-order valence-corrected chi connectivity index (χ4v) is 8.56. The highest BCUT2D eigenvalue weighted by atomic mass is 32.1. The van der Waals surface area contributed by atoms with Gasteiger partial charge in [0, 0.05) is 47.3 Å². The van der Waals surface area contributed by atoms with Gasteiger partial charge in [-0.25, -0.2) is 9.97 Å². The van der Waals surface area contributed by atoms with Crippen LogP contribution in [-0.2, 0) is 0 Å². The third-order valence-corrected chi connectivity index (χ3v) is 10.7. The first kappa shape index (κ1) is 25.2. The zero-order valence-corrected chi connectivity index (χ0v) is 25.8. The molecule has 7 aromatic carbocycles. The highest BCUT2D eigenvalue weighted by molar-refractivity contribution is 7.25. The van der Waals surface area contributed by atoms with Gasteiger partial charge in [-0.05, 0) is 52.6 Å². The van der Waals surface area contributed by atoms with E-state index in [2.05, 4.69) is 126 Å². The molecule has 4 aromatic heterocycles. The zero-order valence-electron chi connectivity index (χ0n) is 24.9. The third-order valence-electron chi connectivity index (χ3n) is 9.58. The summed E-state index contributed by atoms with van der Waals surface area (Å²) in [5, 5.41) is 10.6. The first-order valence-electron chi connectivity index (χ1n) is 15.7. The summed E-state index contributed by atoms with van der Waals surface area (Å²) in [5.74, 6) is 0.627. The molecule has 218 valence electrons. The lowest BCUT2D eigenvalue weighted by molar-refractivity contribution is 0.666. The molecule has 0 spiro atoms. The fourth-order valence-electron chi connectivity index (χ4n) is 7.42. The van der Waals surface area contributed by atoms with Gasteiger partial charge in [0.05, 0.1) is 11.0 Å². The maximum Gasteiger partial charge on any atom is 0.236 e. The maximum atomic E-state index is 6.55. The van der Waals surface area contributed by atoms with Crippen molar-refractivity contribution in [2.75, 3.05) is 0 Å². The minimum atomic E-state index is 0.627. The van der Waals surface area contributed by atoms with E-state index >= 15 is 0 Å². The molecule has 0 saturated heterocycles. The molecule has 0 aliphatic rings. The topological polar surface area (TPSA) is 43.9 Å². The van der Waals surface area contributed by atoms with Crippen molar-refractivity contribution in [3.63, 3.8) is 0 Å². The number of hydrogen-bond acceptors (Lipinski definition) is 4. The number of hydrogen-bond donors (Lipinski definition) is 0. The van der Waals surface area contributed by atoms with E-state index in [4.69, 9.17) is 14.4 Å². The van der Waals surface area contributed by atoms with E-state index < -0.39 is 0 Å². The number of para-hydroxylation sites is 1. The molecule has 0 atom stereocenters. The van der Waals surface area contributed by atoms with Gasteiger partial charge in [-0.15, -0.1) is 11.3 Å². The minimum absolute atomic E-state index is 0.627. The second kappa shape index (κ2) is 9.25. The molecule has 0 amide bonds. The van der Waals surface area contributed by atoms with Crippen LogP contribution < -0.4 is 0 Å². The van der Waals surface area contributed by atoms with Gasteiger partial charge >= 0.3 is 0 Å². The second-order valence-electron chi connectivity index (χ2n) is 12.2. The van der Waals surface area contributed by atoms with Crippen LogP contribution in [0.4, 0.5) is 0 Å². The van der Waals surface area contributed by atoms with Crippen LogP contribution in [0.3, 0.4) is 0 Å². The maximum absolute atomic E-state index is 6.55. The molecule has 0 fully saturated rings. The molecule has 0 aliphatic carbocycles. The average Bonchev–Trinajstić information content (AvgIpc) is 3.79. The number of fused-ring (bicyclic) bond motifs is 12. The van der Waals surface area contributed by atoms with Crippen LogP contribution in [-0.4, -0.2) is 14.5 Å². The summed E-state index contributed by atoms with van der Waals surface area (Å²) in [4.78, 5) is 10.8. The first-order chi connectivity index (χ1) is 23.3. The lowest BCUT2D eigenvalue weighted by Crippen LogP contribution is -2.03. The normalized spacial score (nSPS) is 12.3. The van der Waals surface area contributed by atoms with Crippen LogP contribution in [0.15, 0.2) is 144 Å². The van der Waals surface area contributed by atoms with Crippen molar-refractivity contribution in [1.29, 1.82) is 0 Å². The Balaban J connectivity index is 1.30. The Hall–Kier alpha value is -6.04. The first-order valence-corrected chi connectivity index (χ1v) is 16.6. The molecular formula is C42H23N3OS. The average molecular weight is 618 g/mol. The van der Waals surface area contributed by atoms with E-state index in [1.807, 2.05) is 29.5 Å². The van der Waals surface area contributed by atoms with Gasteiger partial charge in [0.2, 0.25) is 5.95 Å². The molecule has 0 aliphatic heterocycles. The van der Waals surface area contributed by atoms with Gasteiger partial charge in [0.1, 0.15) is 16.8 Å². The highest BCUT2D eigenvalue weighted by Gasteiger charge is 2.23. The van der Waals surface area contributed by atoms with E-state index in [0.717, 1.165) is 38.8 Å². The van der Waals surface area contributed by atoms with Crippen LogP contribution in [0, 0.1) is 0 Å². The van der Waals surface area contributed by atoms with Crippen LogP contribution in [0.2, 0.25) is 0 Å². The fraction of sp³-hybridized carbons (Fsp3) is 0. The van der Waals surface area contributed by atoms with Gasteiger partial charge in [-0.3, -0.25) is 4.57 Å². The van der Waals surface area contributed by atoms with Gasteiger partial charge in [-0.1, -0.05) is 103 Å². The SMILES string of the molecule is c1ccc2cc3c(cc2c1)c1ccc2ccccc2c1n3-c1nc(-c2ccc3c(c2)sc2ccccc23)c2oc3ccccc3c2n1. The molecule has 5 heteroatoms. The summed E-state index contributed by atoms with van der Waals surface area (Å²) in [7, 11) is 0. The summed E-state index contributed by atoms with van der Waals surface area (Å²) in [6, 6.07) is 49.6. The van der Waals surface area contributed by atoms with E-state index in [1.165, 1.54) is 52.5 Å². The summed E-state index contributed by atoms with van der Waals surface area (Å²) in [6.07, 6.45) is 0. The Morgan fingerprint density at radius 3 is 2.11 bits per heavy atom. The van der Waals surface area contributed by atoms with Crippen molar-refractivity contribution in [3.05, 3.63) is 140 Å². The highest BCUT2D eigenvalue weighted by Crippen LogP contribution is 2.42. The van der Waals surface area contributed by atoms with Crippen LogP contribution in [0.25, 0.3) is 103 Å². The smallest absolute Gasteiger partial charge is 0.236 e. The van der Waals surface area contributed by atoms with Gasteiger partial charge in [0.25, 0.3) is 0 Å². The van der Waals surface area contributed by atoms with E-state index in [1.54, 1.807) is 0 Å². The Morgan fingerprint density at radius 1 is 0.511 bits per heavy atom. The number of aromatic nitrogens is 3. The minimum Gasteiger partial charge on any atom is -0.452 e. The zero-order chi connectivity index (χ0) is 30.6. The lowest BCUT2D eigenvalue weighted by Gasteiger charge is -2.11. The van der Waals surface area contributed by atoms with Gasteiger partial charge < -0.3 is 4.42 Å². The summed E-state index contributed by atoms with van der Waals surface area (Å²) in [5.41, 5.74) is 6.29. The molecule has 47 heavy (non-hydrogen) atoms. The van der Waals surface area contributed by atoms with Crippen LogP contribution >= 0.6 is 11.3 Å². The van der Waals surface area contributed by atoms with Crippen molar-refractivity contribution < 1.29 is 4.42 Å². The van der Waals surface area contributed by atoms with E-state index in [0.29, 0.717) is 11.5 Å². The summed E-state index contributed by atoms with van der Waals surface area (Å²) in [6.45, 7) is 0. The molecule has 0 unspecified atom stereocenters. The van der Waals surface area contributed by atoms with Gasteiger partial charge in [-0.2, -0.15) is 0 Å². The van der Waals surface area contributed by atoms with Crippen molar-refractivity contribution >= 4 is 96.9 Å². The van der Waals surface area contributed by atoms with E-state index in [-0.39, 0.29) is 0 Å². The van der Waals surface area contributed by atoms with E-state index in [9.17, 15) is 0 Å². The molecule has 11 rings (SSSR count). The Bertz CT molecular complexity index is 3090. The van der Waals surface area contributed by atoms with Crippen molar-refractivity contribution in [3.8, 4) is 17.2 Å². The number of thiophene rings is 1. The van der Waals surface area contributed by atoms with Gasteiger partial charge in [0.15, 0.2) is 5.58 Å². The monoisotopic (exact) mass is 617 g/mol. The molecular weight excluding hydrogens is 595 g/mol. The van der Waals surface area contributed by atoms with Crippen molar-refractivity contribution in [1.82, 2.24) is 14.5 Å². The molecule has 4 nitrogen and oxygen atoms in total. The molecule has 0 saturated carbocycles. The predicted octanol–water partition coefficient (Wildman–Crippen LogP) is 11.8. The standard InChI is InChI=1S/C42H23N3OS/c1-2-11-26-22-34-33(21-25(26)10-1)31-20-17-24-9-3-4-12-28(24)40(31)45(34)42-43-38(41-39(44-42)32-14-5-7-15-35(32)46-41)27-18-19-30-29-13-6-8-16-36(29)47-37(30)23-27/h1-23H. The number of rotatable bonds is 2.